The largest absolute Gasteiger partial charge is 0.490 e. The fourth-order valence-electron chi connectivity index (χ4n) is 3.44. The van der Waals surface area contributed by atoms with Crippen molar-refractivity contribution in [1.82, 2.24) is 10.2 Å². The van der Waals surface area contributed by atoms with Gasteiger partial charge in [0.05, 0.1) is 25.5 Å². The number of carboxylic acids is 2. The third kappa shape index (κ3) is 6.46. The topological polar surface area (TPSA) is 129 Å². The highest BCUT2D eigenvalue weighted by molar-refractivity contribution is 5.91. The Morgan fingerprint density at radius 2 is 1.93 bits per heavy atom. The molecule has 3 N–H and O–H groups in total. The summed E-state index contributed by atoms with van der Waals surface area (Å²) in [5, 5.41) is 19.0. The maximum Gasteiger partial charge on any atom is 0.490 e. The Balaban J connectivity index is 0.000000370. The molecule has 0 radical (unpaired) electrons. The fraction of sp³-hybridized carbons (Fsp3) is 0.588. The second-order valence-electron chi connectivity index (χ2n) is 6.59. The lowest BCUT2D eigenvalue weighted by atomic mass is 10.0. The van der Waals surface area contributed by atoms with Crippen LogP contribution in [-0.4, -0.2) is 77.5 Å². The van der Waals surface area contributed by atoms with Gasteiger partial charge < -0.3 is 24.7 Å². The second-order valence-corrected chi connectivity index (χ2v) is 6.59. The number of amides is 1. The third-order valence-corrected chi connectivity index (χ3v) is 4.69. The molecule has 1 aromatic rings. The summed E-state index contributed by atoms with van der Waals surface area (Å²) in [5.74, 6) is -3.29. The van der Waals surface area contributed by atoms with E-state index in [2.05, 4.69) is 5.32 Å². The van der Waals surface area contributed by atoms with Crippen LogP contribution < -0.4 is 5.32 Å². The van der Waals surface area contributed by atoms with E-state index in [0.717, 1.165) is 12.8 Å². The van der Waals surface area contributed by atoms with E-state index in [1.807, 2.05) is 4.90 Å². The number of ether oxygens (including phenoxy) is 1. The number of halogens is 3. The summed E-state index contributed by atoms with van der Waals surface area (Å²) in [6, 6.07) is 3.43. The molecule has 0 aromatic carbocycles. The van der Waals surface area contributed by atoms with E-state index in [1.54, 1.807) is 12.1 Å². The van der Waals surface area contributed by atoms with Crippen LogP contribution in [-0.2, 0) is 14.3 Å². The molecule has 2 heterocycles. The highest BCUT2D eigenvalue weighted by Crippen LogP contribution is 2.34. The first-order valence-electron chi connectivity index (χ1n) is 8.79. The molecule has 1 saturated carbocycles. The minimum atomic E-state index is -5.08. The minimum absolute atomic E-state index is 0.00926. The zero-order valence-electron chi connectivity index (χ0n) is 15.2. The van der Waals surface area contributed by atoms with Crippen LogP contribution in [0, 0.1) is 5.92 Å². The fourth-order valence-corrected chi connectivity index (χ4v) is 3.44. The minimum Gasteiger partial charge on any atom is -0.480 e. The molecule has 0 spiro atoms. The van der Waals surface area contributed by atoms with E-state index in [1.165, 1.54) is 6.26 Å². The van der Waals surface area contributed by atoms with Crippen molar-refractivity contribution in [3.63, 3.8) is 0 Å². The number of hydrogen-bond acceptors (Lipinski definition) is 6. The Labute approximate surface area is 163 Å². The zero-order valence-corrected chi connectivity index (χ0v) is 15.2. The van der Waals surface area contributed by atoms with Gasteiger partial charge in [0.1, 0.15) is 0 Å². The standard InChI is InChI=1S/C15H20N2O5.C2HF3O2/c18-13(19)9-17-5-7-22-14-10(3-4-11(14)17)8-16-15(20)12-2-1-6-21-12;3-2(4,5)1(6)7/h1-2,6,10-11,14H,3-5,7-9H2,(H,16,20)(H,18,19);(H,6,7). The molecule has 1 amide bonds. The van der Waals surface area contributed by atoms with Gasteiger partial charge in [-0.2, -0.15) is 13.2 Å². The molecule has 1 aromatic heterocycles. The van der Waals surface area contributed by atoms with E-state index in [4.69, 9.17) is 24.2 Å². The second kappa shape index (κ2) is 9.74. The quantitative estimate of drug-likeness (QED) is 0.646. The molecule has 3 rings (SSSR count). The molecule has 162 valence electrons. The highest BCUT2D eigenvalue weighted by Gasteiger charge is 2.43. The Morgan fingerprint density at radius 1 is 1.24 bits per heavy atom. The number of carbonyl (C=O) groups excluding carboxylic acids is 1. The number of carbonyl (C=O) groups is 3. The van der Waals surface area contributed by atoms with E-state index in [-0.39, 0.29) is 30.5 Å². The summed E-state index contributed by atoms with van der Waals surface area (Å²) >= 11 is 0. The number of aliphatic carboxylic acids is 2. The summed E-state index contributed by atoms with van der Waals surface area (Å²) in [4.78, 5) is 33.7. The average molecular weight is 422 g/mol. The molecule has 1 aliphatic carbocycles. The van der Waals surface area contributed by atoms with Crippen LogP contribution in [0.25, 0.3) is 0 Å². The molecule has 9 nitrogen and oxygen atoms in total. The van der Waals surface area contributed by atoms with Crippen LogP contribution in [0.5, 0.6) is 0 Å². The van der Waals surface area contributed by atoms with Gasteiger partial charge in [0.15, 0.2) is 5.76 Å². The number of carboxylic acid groups (broad SMARTS) is 2. The first-order chi connectivity index (χ1) is 13.6. The number of nitrogens with one attached hydrogen (secondary N) is 1. The van der Waals surface area contributed by atoms with Crippen molar-refractivity contribution in [2.75, 3.05) is 26.2 Å². The molecule has 1 saturated heterocycles. The van der Waals surface area contributed by atoms with E-state index in [0.29, 0.717) is 25.5 Å². The zero-order chi connectivity index (χ0) is 21.6. The van der Waals surface area contributed by atoms with Gasteiger partial charge in [0, 0.05) is 25.0 Å². The van der Waals surface area contributed by atoms with Gasteiger partial charge in [-0.15, -0.1) is 0 Å². The number of morpholine rings is 1. The monoisotopic (exact) mass is 422 g/mol. The lowest BCUT2D eigenvalue weighted by Crippen LogP contribution is -2.52. The molecular weight excluding hydrogens is 401 g/mol. The predicted octanol–water partition coefficient (Wildman–Crippen LogP) is 1.21. The Morgan fingerprint density at radius 3 is 2.48 bits per heavy atom. The number of hydrogen-bond donors (Lipinski definition) is 3. The molecule has 29 heavy (non-hydrogen) atoms. The normalized spacial score (nSPS) is 24.2. The van der Waals surface area contributed by atoms with Gasteiger partial charge in [-0.25, -0.2) is 4.79 Å². The maximum absolute atomic E-state index is 11.9. The van der Waals surface area contributed by atoms with Crippen molar-refractivity contribution >= 4 is 17.8 Å². The van der Waals surface area contributed by atoms with Crippen molar-refractivity contribution < 1.29 is 46.9 Å². The van der Waals surface area contributed by atoms with Crippen molar-refractivity contribution in [3.05, 3.63) is 24.2 Å². The van der Waals surface area contributed by atoms with Crippen LogP contribution in [0.1, 0.15) is 23.4 Å². The van der Waals surface area contributed by atoms with Crippen LogP contribution in [0.4, 0.5) is 13.2 Å². The molecule has 3 atom stereocenters. The summed E-state index contributed by atoms with van der Waals surface area (Å²) in [6.45, 7) is 1.76. The summed E-state index contributed by atoms with van der Waals surface area (Å²) in [6.07, 6.45) is -1.80. The van der Waals surface area contributed by atoms with Gasteiger partial charge in [0.25, 0.3) is 5.91 Å². The molecule has 1 aliphatic heterocycles. The van der Waals surface area contributed by atoms with Crippen LogP contribution >= 0.6 is 0 Å². The smallest absolute Gasteiger partial charge is 0.480 e. The Bertz CT molecular complexity index is 708. The van der Waals surface area contributed by atoms with Crippen molar-refractivity contribution in [1.29, 1.82) is 0 Å². The van der Waals surface area contributed by atoms with E-state index < -0.39 is 18.1 Å². The predicted molar refractivity (Wildman–Crippen MR) is 90.2 cm³/mol. The first kappa shape index (κ1) is 22.7. The van der Waals surface area contributed by atoms with E-state index >= 15 is 0 Å². The number of fused-ring (bicyclic) bond motifs is 1. The van der Waals surface area contributed by atoms with Crippen LogP contribution in [0.2, 0.25) is 0 Å². The molecule has 3 unspecified atom stereocenters. The van der Waals surface area contributed by atoms with Gasteiger partial charge in [-0.1, -0.05) is 0 Å². The van der Waals surface area contributed by atoms with Gasteiger partial charge in [0.2, 0.25) is 0 Å². The summed E-state index contributed by atoms with van der Waals surface area (Å²) in [7, 11) is 0. The molecular formula is C17H21F3N2O7. The third-order valence-electron chi connectivity index (χ3n) is 4.69. The highest BCUT2D eigenvalue weighted by atomic mass is 19.4. The summed E-state index contributed by atoms with van der Waals surface area (Å²) in [5.41, 5.74) is 0. The van der Waals surface area contributed by atoms with E-state index in [9.17, 15) is 22.8 Å². The van der Waals surface area contributed by atoms with Gasteiger partial charge in [-0.05, 0) is 25.0 Å². The lowest BCUT2D eigenvalue weighted by Gasteiger charge is -2.38. The van der Waals surface area contributed by atoms with Crippen LogP contribution in [0.3, 0.4) is 0 Å². The van der Waals surface area contributed by atoms with Gasteiger partial charge >= 0.3 is 18.1 Å². The first-order valence-corrected chi connectivity index (χ1v) is 8.79. The summed E-state index contributed by atoms with van der Waals surface area (Å²) < 4.78 is 42.6. The molecule has 12 heteroatoms. The van der Waals surface area contributed by atoms with Crippen molar-refractivity contribution in [2.24, 2.45) is 5.92 Å². The van der Waals surface area contributed by atoms with Crippen molar-refractivity contribution in [2.45, 2.75) is 31.2 Å². The van der Waals surface area contributed by atoms with Crippen molar-refractivity contribution in [3.8, 4) is 0 Å². The molecule has 2 aliphatic rings. The van der Waals surface area contributed by atoms with Gasteiger partial charge in [-0.3, -0.25) is 14.5 Å². The SMILES string of the molecule is O=C(O)C(F)(F)F.O=C(O)CN1CCOC2C(CNC(=O)c3ccco3)CCC21. The lowest BCUT2D eigenvalue weighted by molar-refractivity contribution is -0.192. The Hall–Kier alpha value is -2.60. The number of nitrogens with zero attached hydrogens (tertiary/aromatic N) is 1. The molecule has 2 fully saturated rings. The Kier molecular flexibility index (Phi) is 7.62. The number of furan rings is 1. The number of alkyl halides is 3. The average Bonchev–Trinajstić information content (AvgIpc) is 3.29. The molecule has 0 bridgehead atoms. The maximum atomic E-state index is 11.9. The van der Waals surface area contributed by atoms with Crippen LogP contribution in [0.15, 0.2) is 22.8 Å². The number of rotatable bonds is 5.